The lowest BCUT2D eigenvalue weighted by molar-refractivity contribution is -0.120. The zero-order valence-electron chi connectivity index (χ0n) is 14.8. The van der Waals surface area contributed by atoms with Crippen molar-refractivity contribution in [1.29, 1.82) is 0 Å². The number of piperazine rings is 1. The van der Waals surface area contributed by atoms with E-state index < -0.39 is 0 Å². The van der Waals surface area contributed by atoms with E-state index in [-0.39, 0.29) is 5.91 Å². The molecule has 0 aromatic carbocycles. The molecule has 134 valence electrons. The standard InChI is InChI=1S/C16H23N7OS/c1-4-17-16(18-8-14-12(2)19-11-25-14)22-5-6-23(15(24)10-22)13-7-20-21(3)9-13/h7,9,11H,4-6,8,10H2,1-3H3,(H,17,18). The number of nitrogens with zero attached hydrogens (tertiary/aromatic N) is 6. The molecule has 1 aliphatic heterocycles. The molecule has 3 rings (SSSR count). The van der Waals surface area contributed by atoms with E-state index in [4.69, 9.17) is 4.99 Å². The number of hydrogen-bond donors (Lipinski definition) is 1. The number of amides is 1. The van der Waals surface area contributed by atoms with Gasteiger partial charge in [0.2, 0.25) is 5.91 Å². The number of rotatable bonds is 4. The van der Waals surface area contributed by atoms with Crippen molar-refractivity contribution in [2.75, 3.05) is 31.1 Å². The van der Waals surface area contributed by atoms with Gasteiger partial charge >= 0.3 is 0 Å². The molecule has 0 unspecified atom stereocenters. The van der Waals surface area contributed by atoms with E-state index in [1.165, 1.54) is 0 Å². The van der Waals surface area contributed by atoms with Crippen LogP contribution in [0.1, 0.15) is 17.5 Å². The van der Waals surface area contributed by atoms with E-state index in [0.29, 0.717) is 19.6 Å². The molecule has 2 aromatic rings. The zero-order chi connectivity index (χ0) is 17.8. The third-order valence-corrected chi connectivity index (χ3v) is 5.00. The number of nitrogens with one attached hydrogen (secondary N) is 1. The highest BCUT2D eigenvalue weighted by Crippen LogP contribution is 2.17. The number of anilines is 1. The fourth-order valence-corrected chi connectivity index (χ4v) is 3.43. The summed E-state index contributed by atoms with van der Waals surface area (Å²) in [5.74, 6) is 0.827. The van der Waals surface area contributed by atoms with Gasteiger partial charge in [-0.05, 0) is 13.8 Å². The summed E-state index contributed by atoms with van der Waals surface area (Å²) in [4.78, 5) is 26.5. The molecule has 0 spiro atoms. The quantitative estimate of drug-likeness (QED) is 0.649. The Balaban J connectivity index is 1.69. The monoisotopic (exact) mass is 361 g/mol. The lowest BCUT2D eigenvalue weighted by Crippen LogP contribution is -2.55. The van der Waals surface area contributed by atoms with Crippen molar-refractivity contribution < 1.29 is 4.79 Å². The largest absolute Gasteiger partial charge is 0.356 e. The van der Waals surface area contributed by atoms with Crippen molar-refractivity contribution >= 4 is 28.9 Å². The van der Waals surface area contributed by atoms with Crippen molar-refractivity contribution in [1.82, 2.24) is 25.0 Å². The van der Waals surface area contributed by atoms with Crippen LogP contribution in [0.15, 0.2) is 22.9 Å². The predicted octanol–water partition coefficient (Wildman–Crippen LogP) is 0.999. The number of guanidine groups is 1. The Kier molecular flexibility index (Phi) is 5.32. The predicted molar refractivity (Wildman–Crippen MR) is 98.8 cm³/mol. The maximum Gasteiger partial charge on any atom is 0.246 e. The molecule has 1 aliphatic rings. The average Bonchev–Trinajstić information content (AvgIpc) is 3.20. The summed E-state index contributed by atoms with van der Waals surface area (Å²) in [7, 11) is 1.85. The third kappa shape index (κ3) is 3.98. The van der Waals surface area contributed by atoms with Gasteiger partial charge in [-0.3, -0.25) is 9.48 Å². The van der Waals surface area contributed by atoms with Crippen LogP contribution in [-0.2, 0) is 18.4 Å². The minimum Gasteiger partial charge on any atom is -0.356 e. The Morgan fingerprint density at radius 2 is 2.28 bits per heavy atom. The normalized spacial score (nSPS) is 15.8. The van der Waals surface area contributed by atoms with Gasteiger partial charge in [0, 0.05) is 37.8 Å². The fraction of sp³-hybridized carbons (Fsp3) is 0.500. The van der Waals surface area contributed by atoms with Gasteiger partial charge < -0.3 is 15.1 Å². The summed E-state index contributed by atoms with van der Waals surface area (Å²) in [5, 5.41) is 7.43. The molecule has 0 bridgehead atoms. The highest BCUT2D eigenvalue weighted by molar-refractivity contribution is 7.09. The van der Waals surface area contributed by atoms with Crippen LogP contribution >= 0.6 is 11.3 Å². The molecular formula is C16H23N7OS. The maximum absolute atomic E-state index is 12.6. The van der Waals surface area contributed by atoms with Crippen LogP contribution in [0.2, 0.25) is 0 Å². The average molecular weight is 361 g/mol. The molecule has 2 aromatic heterocycles. The zero-order valence-corrected chi connectivity index (χ0v) is 15.6. The maximum atomic E-state index is 12.6. The highest BCUT2D eigenvalue weighted by Gasteiger charge is 2.27. The minimum absolute atomic E-state index is 0.0545. The van der Waals surface area contributed by atoms with Gasteiger partial charge in [-0.2, -0.15) is 5.10 Å². The molecule has 3 heterocycles. The van der Waals surface area contributed by atoms with Crippen LogP contribution in [0.5, 0.6) is 0 Å². The first kappa shape index (κ1) is 17.4. The Morgan fingerprint density at radius 1 is 1.44 bits per heavy atom. The first-order chi connectivity index (χ1) is 12.1. The van der Waals surface area contributed by atoms with Crippen LogP contribution < -0.4 is 10.2 Å². The van der Waals surface area contributed by atoms with Gasteiger partial charge in [0.15, 0.2) is 5.96 Å². The molecule has 1 amide bonds. The van der Waals surface area contributed by atoms with E-state index in [9.17, 15) is 4.79 Å². The lowest BCUT2D eigenvalue weighted by atomic mass is 10.3. The number of thiazole rings is 1. The first-order valence-electron chi connectivity index (χ1n) is 8.29. The van der Waals surface area contributed by atoms with Gasteiger partial charge in [0.25, 0.3) is 0 Å². The van der Waals surface area contributed by atoms with E-state index in [1.54, 1.807) is 27.1 Å². The molecule has 1 N–H and O–H groups in total. The Morgan fingerprint density at radius 3 is 2.88 bits per heavy atom. The summed E-state index contributed by atoms with van der Waals surface area (Å²) >= 11 is 1.61. The summed E-state index contributed by atoms with van der Waals surface area (Å²) in [5.41, 5.74) is 3.69. The molecule has 1 saturated heterocycles. The van der Waals surface area contributed by atoms with Crippen LogP contribution in [0, 0.1) is 6.92 Å². The molecule has 0 aliphatic carbocycles. The van der Waals surface area contributed by atoms with Crippen molar-refractivity contribution in [3.8, 4) is 0 Å². The van der Waals surface area contributed by atoms with Crippen molar-refractivity contribution in [2.24, 2.45) is 12.0 Å². The summed E-state index contributed by atoms with van der Waals surface area (Å²) < 4.78 is 1.71. The second kappa shape index (κ2) is 7.64. The van der Waals surface area contributed by atoms with Crippen molar-refractivity contribution in [3.63, 3.8) is 0 Å². The molecule has 8 nitrogen and oxygen atoms in total. The van der Waals surface area contributed by atoms with Gasteiger partial charge in [0.05, 0.1) is 29.6 Å². The van der Waals surface area contributed by atoms with Gasteiger partial charge in [0.1, 0.15) is 6.54 Å². The van der Waals surface area contributed by atoms with Crippen molar-refractivity contribution in [3.05, 3.63) is 28.5 Å². The molecule has 9 heteroatoms. The highest BCUT2D eigenvalue weighted by atomic mass is 32.1. The second-order valence-corrected chi connectivity index (χ2v) is 6.81. The smallest absolute Gasteiger partial charge is 0.246 e. The molecule has 25 heavy (non-hydrogen) atoms. The molecular weight excluding hydrogens is 338 g/mol. The van der Waals surface area contributed by atoms with E-state index in [1.807, 2.05) is 37.5 Å². The van der Waals surface area contributed by atoms with E-state index >= 15 is 0 Å². The van der Waals surface area contributed by atoms with Crippen LogP contribution in [0.4, 0.5) is 5.69 Å². The second-order valence-electron chi connectivity index (χ2n) is 5.87. The molecule has 0 atom stereocenters. The summed E-state index contributed by atoms with van der Waals surface area (Å²) in [6.07, 6.45) is 3.58. The molecule has 0 radical (unpaired) electrons. The van der Waals surface area contributed by atoms with Crippen LogP contribution in [0.3, 0.4) is 0 Å². The number of hydrogen-bond acceptors (Lipinski definition) is 5. The fourth-order valence-electron chi connectivity index (χ4n) is 2.73. The SMILES string of the molecule is CCNC(=NCc1scnc1C)N1CCN(c2cnn(C)c2)C(=O)C1. The third-order valence-electron chi connectivity index (χ3n) is 4.08. The molecule has 1 fully saturated rings. The molecule has 0 saturated carbocycles. The summed E-state index contributed by atoms with van der Waals surface area (Å²) in [6, 6.07) is 0. The van der Waals surface area contributed by atoms with E-state index in [0.717, 1.165) is 35.3 Å². The van der Waals surface area contributed by atoms with Crippen LogP contribution in [0.25, 0.3) is 0 Å². The first-order valence-corrected chi connectivity index (χ1v) is 9.17. The van der Waals surface area contributed by atoms with Crippen LogP contribution in [-0.4, -0.2) is 57.7 Å². The Bertz CT molecular complexity index is 766. The Labute approximate surface area is 151 Å². The van der Waals surface area contributed by atoms with Gasteiger partial charge in [-0.15, -0.1) is 11.3 Å². The number of carbonyl (C=O) groups is 1. The minimum atomic E-state index is 0.0545. The Hall–Kier alpha value is -2.42. The number of carbonyl (C=O) groups excluding carboxylic acids is 1. The van der Waals surface area contributed by atoms with Gasteiger partial charge in [-0.25, -0.2) is 9.98 Å². The number of aryl methyl sites for hydroxylation is 2. The lowest BCUT2D eigenvalue weighted by Gasteiger charge is -2.35. The van der Waals surface area contributed by atoms with Crippen molar-refractivity contribution in [2.45, 2.75) is 20.4 Å². The van der Waals surface area contributed by atoms with E-state index in [2.05, 4.69) is 15.4 Å². The number of aliphatic imine (C=N–C) groups is 1. The summed E-state index contributed by atoms with van der Waals surface area (Å²) in [6.45, 7) is 7.02. The van der Waals surface area contributed by atoms with Gasteiger partial charge in [-0.1, -0.05) is 0 Å². The number of aromatic nitrogens is 3. The topological polar surface area (TPSA) is 78.7 Å².